The summed E-state index contributed by atoms with van der Waals surface area (Å²) in [4.78, 5) is 15.2. The third kappa shape index (κ3) is 4.10. The maximum Gasteiger partial charge on any atom is 0.168 e. The summed E-state index contributed by atoms with van der Waals surface area (Å²) < 4.78 is 6.00. The molecule has 4 rings (SSSR count). The Bertz CT molecular complexity index is 788. The number of nitrogens with one attached hydrogen (secondary N) is 1. The smallest absolute Gasteiger partial charge is 0.168 e. The van der Waals surface area contributed by atoms with Crippen molar-refractivity contribution in [2.75, 3.05) is 6.54 Å². The van der Waals surface area contributed by atoms with Crippen molar-refractivity contribution in [3.8, 4) is 5.75 Å². The van der Waals surface area contributed by atoms with E-state index in [0.29, 0.717) is 6.54 Å². The number of thiophene rings is 1. The zero-order valence-electron chi connectivity index (χ0n) is 15.7. The number of para-hydroxylation sites is 1. The predicted octanol–water partition coefficient (Wildman–Crippen LogP) is 3.75. The Hall–Kier alpha value is -1.69. The first-order valence-corrected chi connectivity index (χ1v) is 10.7. The van der Waals surface area contributed by atoms with Gasteiger partial charge in [-0.15, -0.1) is 11.3 Å². The minimum absolute atomic E-state index is 0.00844. The van der Waals surface area contributed by atoms with E-state index < -0.39 is 6.10 Å². The molecule has 4 nitrogen and oxygen atoms in total. The van der Waals surface area contributed by atoms with Crippen molar-refractivity contribution < 1.29 is 14.6 Å². The van der Waals surface area contributed by atoms with Gasteiger partial charge in [0, 0.05) is 33.8 Å². The highest BCUT2D eigenvalue weighted by molar-refractivity contribution is 7.12. The second-order valence-electron chi connectivity index (χ2n) is 7.70. The van der Waals surface area contributed by atoms with Crippen molar-refractivity contribution in [3.63, 3.8) is 0 Å². The zero-order valence-corrected chi connectivity index (χ0v) is 16.5. The normalized spacial score (nSPS) is 28.0. The van der Waals surface area contributed by atoms with Gasteiger partial charge in [0.25, 0.3) is 0 Å². The van der Waals surface area contributed by atoms with Crippen LogP contribution in [-0.4, -0.2) is 35.7 Å². The maximum atomic E-state index is 12.8. The van der Waals surface area contributed by atoms with E-state index >= 15 is 0 Å². The number of fused-ring (bicyclic) bond motifs is 1. The van der Waals surface area contributed by atoms with Crippen LogP contribution >= 0.6 is 11.3 Å². The van der Waals surface area contributed by atoms with Crippen molar-refractivity contribution in [3.05, 3.63) is 51.7 Å². The SMILES string of the molecule is Cc1cc2c(s1)CCC(CN[C@@H]1CCC[C@H](Oc3ccccc3)[C@@H]1O)C2=O. The first-order valence-electron chi connectivity index (χ1n) is 9.88. The Morgan fingerprint density at radius 1 is 1.22 bits per heavy atom. The van der Waals surface area contributed by atoms with Crippen molar-refractivity contribution in [2.45, 2.75) is 57.3 Å². The van der Waals surface area contributed by atoms with Crippen LogP contribution in [0.1, 0.15) is 45.8 Å². The lowest BCUT2D eigenvalue weighted by Gasteiger charge is -2.36. The van der Waals surface area contributed by atoms with E-state index in [4.69, 9.17) is 4.74 Å². The molecule has 2 aliphatic rings. The average molecular weight is 386 g/mol. The van der Waals surface area contributed by atoms with Gasteiger partial charge in [0.05, 0.1) is 0 Å². The third-order valence-corrected chi connectivity index (χ3v) is 6.85. The minimum atomic E-state index is -0.559. The highest BCUT2D eigenvalue weighted by Gasteiger charge is 2.35. The molecule has 1 heterocycles. The molecule has 27 heavy (non-hydrogen) atoms. The number of aliphatic hydroxyl groups is 1. The van der Waals surface area contributed by atoms with Crippen molar-refractivity contribution in [2.24, 2.45) is 5.92 Å². The summed E-state index contributed by atoms with van der Waals surface area (Å²) in [5, 5.41) is 14.3. The Morgan fingerprint density at radius 3 is 2.85 bits per heavy atom. The van der Waals surface area contributed by atoms with Gasteiger partial charge in [-0.05, 0) is 57.2 Å². The summed E-state index contributed by atoms with van der Waals surface area (Å²) in [7, 11) is 0. The molecule has 4 atom stereocenters. The molecule has 2 N–H and O–H groups in total. The van der Waals surface area contributed by atoms with Gasteiger partial charge < -0.3 is 15.2 Å². The molecule has 5 heteroatoms. The second-order valence-corrected chi connectivity index (χ2v) is 9.04. The lowest BCUT2D eigenvalue weighted by atomic mass is 9.85. The Kier molecular flexibility index (Phi) is 5.62. The van der Waals surface area contributed by atoms with E-state index in [-0.39, 0.29) is 23.8 Å². The number of hydrogen-bond donors (Lipinski definition) is 2. The van der Waals surface area contributed by atoms with Gasteiger partial charge in [-0.2, -0.15) is 0 Å². The molecule has 0 amide bonds. The third-order valence-electron chi connectivity index (χ3n) is 5.74. The fourth-order valence-corrected chi connectivity index (χ4v) is 5.32. The Labute approximate surface area is 164 Å². The monoisotopic (exact) mass is 385 g/mol. The molecular formula is C22H27NO3S. The zero-order chi connectivity index (χ0) is 18.8. The predicted molar refractivity (Wildman–Crippen MR) is 108 cm³/mol. The Balaban J connectivity index is 1.34. The number of aliphatic hydroxyl groups excluding tert-OH is 1. The van der Waals surface area contributed by atoms with Gasteiger partial charge in [-0.1, -0.05) is 18.2 Å². The van der Waals surface area contributed by atoms with E-state index in [0.717, 1.165) is 43.4 Å². The van der Waals surface area contributed by atoms with E-state index in [1.165, 1.54) is 9.75 Å². The molecule has 0 saturated heterocycles. The summed E-state index contributed by atoms with van der Waals surface area (Å²) in [5.74, 6) is 1.06. The van der Waals surface area contributed by atoms with Crippen LogP contribution in [0.2, 0.25) is 0 Å². The molecule has 0 spiro atoms. The lowest BCUT2D eigenvalue weighted by Crippen LogP contribution is -2.52. The maximum absolute atomic E-state index is 12.8. The number of aryl methyl sites for hydroxylation is 2. The number of Topliss-reactive ketones (excluding diaryl/α,β-unsaturated/α-hetero) is 1. The summed E-state index contributed by atoms with van der Waals surface area (Å²) in [5.41, 5.74) is 0.921. The molecule has 1 aromatic heterocycles. The molecule has 0 bridgehead atoms. The first-order chi connectivity index (χ1) is 13.1. The van der Waals surface area contributed by atoms with E-state index in [9.17, 15) is 9.90 Å². The Morgan fingerprint density at radius 2 is 2.04 bits per heavy atom. The molecule has 2 aliphatic carbocycles. The second kappa shape index (κ2) is 8.13. The van der Waals surface area contributed by atoms with Crippen LogP contribution in [0.15, 0.2) is 36.4 Å². The largest absolute Gasteiger partial charge is 0.488 e. The van der Waals surface area contributed by atoms with E-state index in [2.05, 4.69) is 12.2 Å². The first kappa shape index (κ1) is 18.7. The lowest BCUT2D eigenvalue weighted by molar-refractivity contribution is -0.0160. The summed E-state index contributed by atoms with van der Waals surface area (Å²) in [6, 6.07) is 11.7. The van der Waals surface area contributed by atoms with Crippen LogP contribution in [0.25, 0.3) is 0 Å². The van der Waals surface area contributed by atoms with Crippen LogP contribution in [0, 0.1) is 12.8 Å². The van der Waals surface area contributed by atoms with Crippen molar-refractivity contribution in [1.29, 1.82) is 0 Å². The molecular weight excluding hydrogens is 358 g/mol. The molecule has 0 radical (unpaired) electrons. The number of benzene rings is 1. The van der Waals surface area contributed by atoms with Gasteiger partial charge in [-0.25, -0.2) is 0 Å². The molecule has 0 aliphatic heterocycles. The van der Waals surface area contributed by atoms with Crippen molar-refractivity contribution >= 4 is 17.1 Å². The summed E-state index contributed by atoms with van der Waals surface area (Å²) >= 11 is 1.75. The van der Waals surface area contributed by atoms with Crippen LogP contribution in [0.5, 0.6) is 5.75 Å². The average Bonchev–Trinajstić information content (AvgIpc) is 3.06. The minimum Gasteiger partial charge on any atom is -0.488 e. The fraction of sp³-hybridized carbons (Fsp3) is 0.500. The van der Waals surface area contributed by atoms with Gasteiger partial charge in [-0.3, -0.25) is 4.79 Å². The number of carbonyl (C=O) groups is 1. The van der Waals surface area contributed by atoms with Gasteiger partial charge in [0.1, 0.15) is 18.0 Å². The van der Waals surface area contributed by atoms with Crippen molar-refractivity contribution in [1.82, 2.24) is 5.32 Å². The highest BCUT2D eigenvalue weighted by Crippen LogP contribution is 2.32. The van der Waals surface area contributed by atoms with Crippen LogP contribution in [0.3, 0.4) is 0 Å². The summed E-state index contributed by atoms with van der Waals surface area (Å²) in [6.45, 7) is 2.70. The molecule has 1 fully saturated rings. The number of hydrogen-bond acceptors (Lipinski definition) is 5. The molecule has 1 aromatic carbocycles. The highest BCUT2D eigenvalue weighted by atomic mass is 32.1. The van der Waals surface area contributed by atoms with Crippen LogP contribution in [-0.2, 0) is 6.42 Å². The quantitative estimate of drug-likeness (QED) is 0.823. The van der Waals surface area contributed by atoms with Gasteiger partial charge >= 0.3 is 0 Å². The number of ketones is 1. The molecule has 1 unspecified atom stereocenters. The molecule has 1 saturated carbocycles. The van der Waals surface area contributed by atoms with Crippen LogP contribution in [0.4, 0.5) is 0 Å². The fourth-order valence-electron chi connectivity index (χ4n) is 4.27. The summed E-state index contributed by atoms with van der Waals surface area (Å²) in [6.07, 6.45) is 3.90. The van der Waals surface area contributed by atoms with Crippen LogP contribution < -0.4 is 10.1 Å². The molecule has 2 aromatic rings. The van der Waals surface area contributed by atoms with E-state index in [1.807, 2.05) is 36.4 Å². The topological polar surface area (TPSA) is 58.6 Å². The standard InChI is InChI=1S/C22H27NO3S/c1-14-12-17-20(27-14)11-10-15(21(17)24)13-23-18-8-5-9-19(22(18)25)26-16-6-3-2-4-7-16/h2-4,6-7,12,15,18-19,22-23,25H,5,8-11,13H2,1H3/t15?,18-,19+,22-/m1/s1. The molecule has 144 valence electrons. The number of ether oxygens (including phenoxy) is 1. The van der Waals surface area contributed by atoms with E-state index in [1.54, 1.807) is 11.3 Å². The van der Waals surface area contributed by atoms with Gasteiger partial charge in [0.2, 0.25) is 0 Å². The number of carbonyl (C=O) groups excluding carboxylic acids is 1. The number of rotatable bonds is 5. The van der Waals surface area contributed by atoms with Gasteiger partial charge in [0.15, 0.2) is 5.78 Å².